The number of benzene rings is 7. The van der Waals surface area contributed by atoms with Gasteiger partial charge in [0.1, 0.15) is 0 Å². The lowest BCUT2D eigenvalue weighted by atomic mass is 9.63. The third kappa shape index (κ3) is 3.98. The van der Waals surface area contributed by atoms with Gasteiger partial charge in [-0.2, -0.15) is 0 Å². The third-order valence-electron chi connectivity index (χ3n) is 12.2. The number of para-hydroxylation sites is 1. The molecule has 0 unspecified atom stereocenters. The molecule has 10 aromatic rings. The highest BCUT2D eigenvalue weighted by Gasteiger charge is 2.38. The normalized spacial score (nSPS) is 15.6. The highest BCUT2D eigenvalue weighted by atomic mass is 32.1. The molecule has 3 heterocycles. The molecular formula is C48H38N2S. The van der Waals surface area contributed by atoms with Crippen LogP contribution < -0.4 is 0 Å². The molecule has 246 valence electrons. The molecule has 0 saturated heterocycles. The van der Waals surface area contributed by atoms with Crippen LogP contribution >= 0.6 is 11.3 Å². The average molecular weight is 675 g/mol. The number of nitrogens with zero attached hydrogens (tertiary/aromatic N) is 2. The van der Waals surface area contributed by atoms with E-state index in [1.807, 2.05) is 11.3 Å². The van der Waals surface area contributed by atoms with Crippen molar-refractivity contribution >= 4 is 85.9 Å². The van der Waals surface area contributed by atoms with Gasteiger partial charge in [0.2, 0.25) is 0 Å². The van der Waals surface area contributed by atoms with Crippen molar-refractivity contribution in [2.45, 2.75) is 51.4 Å². The predicted molar refractivity (Wildman–Crippen MR) is 221 cm³/mol. The highest BCUT2D eigenvalue weighted by Crippen LogP contribution is 2.50. The van der Waals surface area contributed by atoms with E-state index >= 15 is 0 Å². The monoisotopic (exact) mass is 674 g/mol. The summed E-state index contributed by atoms with van der Waals surface area (Å²) in [7, 11) is 0. The Morgan fingerprint density at radius 1 is 0.471 bits per heavy atom. The standard InChI is InChI=1S/C48H38N2S/c1-47(2)23-24-48(3,4)38-27-41-35(26-37(38)47)34-25-36-43(28-42(34)49(41)30-14-6-5-7-15-30)50(39-22-21-29-13-8-9-16-31(29)45(36)39)40-19-12-18-33-32-17-10-11-20-44(32)51-46(33)40/h5-22,25-28H,23-24H2,1-4H3. The molecule has 3 aromatic heterocycles. The Labute approximate surface area is 301 Å². The molecule has 1 aliphatic rings. The minimum absolute atomic E-state index is 0.121. The zero-order chi connectivity index (χ0) is 34.2. The predicted octanol–water partition coefficient (Wildman–Crippen LogP) is 13.8. The lowest BCUT2D eigenvalue weighted by Crippen LogP contribution is -2.33. The van der Waals surface area contributed by atoms with Crippen LogP contribution in [0.3, 0.4) is 0 Å². The summed E-state index contributed by atoms with van der Waals surface area (Å²) in [6.45, 7) is 9.75. The number of thiophene rings is 1. The van der Waals surface area contributed by atoms with Gasteiger partial charge in [-0.15, -0.1) is 11.3 Å². The molecule has 0 atom stereocenters. The van der Waals surface area contributed by atoms with Gasteiger partial charge in [-0.25, -0.2) is 0 Å². The summed E-state index contributed by atoms with van der Waals surface area (Å²) < 4.78 is 7.74. The van der Waals surface area contributed by atoms with E-state index in [-0.39, 0.29) is 10.8 Å². The van der Waals surface area contributed by atoms with Gasteiger partial charge in [0.25, 0.3) is 0 Å². The largest absolute Gasteiger partial charge is 0.309 e. The molecule has 0 aliphatic heterocycles. The second kappa shape index (κ2) is 10.1. The Hall–Kier alpha value is -5.38. The van der Waals surface area contributed by atoms with Gasteiger partial charge in [0.05, 0.1) is 32.5 Å². The molecule has 7 aromatic carbocycles. The molecule has 1 aliphatic carbocycles. The first-order valence-electron chi connectivity index (χ1n) is 18.2. The van der Waals surface area contributed by atoms with Crippen molar-refractivity contribution in [1.29, 1.82) is 0 Å². The van der Waals surface area contributed by atoms with Crippen LogP contribution in [0.15, 0.2) is 133 Å². The minimum atomic E-state index is 0.121. The molecule has 0 spiro atoms. The molecule has 0 bridgehead atoms. The SMILES string of the molecule is CC1(C)CCC(C)(C)c2cc3c(cc21)c1cc2c4c5ccccc5ccc4n(-c4cccc5c4sc4ccccc45)c2cc1n3-c1ccccc1. The fourth-order valence-electron chi connectivity index (χ4n) is 9.38. The summed E-state index contributed by atoms with van der Waals surface area (Å²) in [6, 6.07) is 50.3. The lowest BCUT2D eigenvalue weighted by molar-refractivity contribution is 0.332. The molecule has 0 saturated carbocycles. The van der Waals surface area contributed by atoms with Crippen molar-refractivity contribution in [3.05, 3.63) is 145 Å². The van der Waals surface area contributed by atoms with Crippen LogP contribution in [0.2, 0.25) is 0 Å². The van der Waals surface area contributed by atoms with E-state index in [1.165, 1.54) is 110 Å². The van der Waals surface area contributed by atoms with Gasteiger partial charge in [-0.1, -0.05) is 107 Å². The van der Waals surface area contributed by atoms with E-state index in [0.29, 0.717) is 0 Å². The third-order valence-corrected chi connectivity index (χ3v) is 13.4. The van der Waals surface area contributed by atoms with E-state index in [1.54, 1.807) is 0 Å². The maximum Gasteiger partial charge on any atom is 0.0640 e. The molecule has 3 heteroatoms. The summed E-state index contributed by atoms with van der Waals surface area (Å²) >= 11 is 1.90. The van der Waals surface area contributed by atoms with Crippen LogP contribution in [-0.2, 0) is 10.8 Å². The van der Waals surface area contributed by atoms with Crippen molar-refractivity contribution in [2.24, 2.45) is 0 Å². The first-order valence-corrected chi connectivity index (χ1v) is 19.1. The Bertz CT molecular complexity index is 3080. The summed E-state index contributed by atoms with van der Waals surface area (Å²) in [5.74, 6) is 0. The van der Waals surface area contributed by atoms with E-state index in [9.17, 15) is 0 Å². The van der Waals surface area contributed by atoms with Crippen molar-refractivity contribution in [3.63, 3.8) is 0 Å². The van der Waals surface area contributed by atoms with Crippen molar-refractivity contribution in [1.82, 2.24) is 9.13 Å². The number of hydrogen-bond donors (Lipinski definition) is 0. The first kappa shape index (κ1) is 29.4. The minimum Gasteiger partial charge on any atom is -0.309 e. The van der Waals surface area contributed by atoms with Crippen molar-refractivity contribution in [3.8, 4) is 11.4 Å². The molecular weight excluding hydrogens is 637 g/mol. The van der Waals surface area contributed by atoms with Gasteiger partial charge in [0.15, 0.2) is 0 Å². The van der Waals surface area contributed by atoms with Crippen molar-refractivity contribution in [2.75, 3.05) is 0 Å². The maximum atomic E-state index is 2.56. The fraction of sp³-hybridized carbons (Fsp3) is 0.167. The van der Waals surface area contributed by atoms with E-state index < -0.39 is 0 Å². The van der Waals surface area contributed by atoms with Crippen LogP contribution in [0.4, 0.5) is 0 Å². The van der Waals surface area contributed by atoms with Crippen LogP contribution in [0.5, 0.6) is 0 Å². The number of fused-ring (bicyclic) bond motifs is 12. The lowest BCUT2D eigenvalue weighted by Gasteiger charge is -2.42. The molecule has 11 rings (SSSR count). The van der Waals surface area contributed by atoms with Crippen LogP contribution in [0, 0.1) is 0 Å². The number of rotatable bonds is 2. The van der Waals surface area contributed by atoms with Crippen molar-refractivity contribution < 1.29 is 0 Å². The quantitative estimate of drug-likeness (QED) is 0.173. The summed E-state index contributed by atoms with van der Waals surface area (Å²) in [4.78, 5) is 0. The molecule has 51 heavy (non-hydrogen) atoms. The Kier molecular flexibility index (Phi) is 5.82. The van der Waals surface area contributed by atoms with E-state index in [2.05, 4.69) is 170 Å². The van der Waals surface area contributed by atoms with Crippen LogP contribution in [-0.4, -0.2) is 9.13 Å². The van der Waals surface area contributed by atoms with Gasteiger partial charge >= 0.3 is 0 Å². The van der Waals surface area contributed by atoms with E-state index in [0.717, 1.165) is 0 Å². The van der Waals surface area contributed by atoms with Gasteiger partial charge < -0.3 is 9.13 Å². The molecule has 0 fully saturated rings. The van der Waals surface area contributed by atoms with E-state index in [4.69, 9.17) is 0 Å². The Balaban J connectivity index is 1.36. The zero-order valence-corrected chi connectivity index (χ0v) is 30.2. The molecule has 0 N–H and O–H groups in total. The Morgan fingerprint density at radius 2 is 1.12 bits per heavy atom. The summed E-state index contributed by atoms with van der Waals surface area (Å²) in [5, 5.41) is 10.5. The topological polar surface area (TPSA) is 9.86 Å². The average Bonchev–Trinajstić information content (AvgIpc) is 3.80. The number of hydrogen-bond acceptors (Lipinski definition) is 1. The molecule has 0 amide bonds. The van der Waals surface area contributed by atoms with Crippen LogP contribution in [0.1, 0.15) is 51.7 Å². The second-order valence-electron chi connectivity index (χ2n) is 16.0. The van der Waals surface area contributed by atoms with Gasteiger partial charge in [0, 0.05) is 42.7 Å². The highest BCUT2D eigenvalue weighted by molar-refractivity contribution is 7.26. The molecule has 2 nitrogen and oxygen atoms in total. The zero-order valence-electron chi connectivity index (χ0n) is 29.4. The van der Waals surface area contributed by atoms with Gasteiger partial charge in [-0.3, -0.25) is 0 Å². The number of aromatic nitrogens is 2. The maximum absolute atomic E-state index is 2.56. The Morgan fingerprint density at radius 3 is 1.94 bits per heavy atom. The fourth-order valence-corrected chi connectivity index (χ4v) is 10.6. The molecule has 0 radical (unpaired) electrons. The summed E-state index contributed by atoms with van der Waals surface area (Å²) in [5.41, 5.74) is 10.7. The smallest absolute Gasteiger partial charge is 0.0640 e. The first-order chi connectivity index (χ1) is 24.8. The summed E-state index contributed by atoms with van der Waals surface area (Å²) in [6.07, 6.45) is 2.39. The van der Waals surface area contributed by atoms with Gasteiger partial charge in [-0.05, 0) is 100 Å². The second-order valence-corrected chi connectivity index (χ2v) is 17.1. The van der Waals surface area contributed by atoms with Crippen LogP contribution in [0.25, 0.3) is 85.9 Å².